The van der Waals surface area contributed by atoms with Gasteiger partial charge in [0.1, 0.15) is 11.6 Å². The van der Waals surface area contributed by atoms with E-state index in [4.69, 9.17) is 10.6 Å². The summed E-state index contributed by atoms with van der Waals surface area (Å²) in [7, 11) is 1.50. The van der Waals surface area contributed by atoms with Crippen molar-refractivity contribution in [2.45, 2.75) is 13.0 Å². The molecular formula is C12H14FN3OS. The van der Waals surface area contributed by atoms with Gasteiger partial charge in [0.05, 0.1) is 29.2 Å². The number of halogens is 1. The molecule has 96 valence electrons. The third-order valence-electron chi connectivity index (χ3n) is 2.73. The van der Waals surface area contributed by atoms with E-state index >= 15 is 0 Å². The van der Waals surface area contributed by atoms with Gasteiger partial charge in [0.2, 0.25) is 0 Å². The molecule has 0 saturated heterocycles. The second-order valence-electron chi connectivity index (χ2n) is 3.79. The molecule has 1 heterocycles. The molecule has 2 aromatic rings. The zero-order chi connectivity index (χ0) is 13.1. The highest BCUT2D eigenvalue weighted by Crippen LogP contribution is 2.30. The lowest BCUT2D eigenvalue weighted by atomic mass is 10.0. The summed E-state index contributed by atoms with van der Waals surface area (Å²) in [4.78, 5) is 5.05. The van der Waals surface area contributed by atoms with Crippen molar-refractivity contribution in [1.82, 2.24) is 10.4 Å². The van der Waals surface area contributed by atoms with Gasteiger partial charge in [-0.25, -0.2) is 14.8 Å². The Kier molecular flexibility index (Phi) is 3.90. The topological polar surface area (TPSA) is 60.2 Å². The largest absolute Gasteiger partial charge is 0.497 e. The van der Waals surface area contributed by atoms with Crippen LogP contribution in [-0.2, 0) is 0 Å². The fourth-order valence-corrected chi connectivity index (χ4v) is 2.64. The van der Waals surface area contributed by atoms with E-state index in [0.717, 1.165) is 10.6 Å². The summed E-state index contributed by atoms with van der Waals surface area (Å²) in [6.07, 6.45) is 0. The molecule has 6 heteroatoms. The quantitative estimate of drug-likeness (QED) is 0.658. The minimum atomic E-state index is -0.400. The number of nitrogens with one attached hydrogen (secondary N) is 1. The van der Waals surface area contributed by atoms with Gasteiger partial charge in [0, 0.05) is 11.6 Å². The average molecular weight is 267 g/mol. The Morgan fingerprint density at radius 2 is 2.28 bits per heavy atom. The molecule has 3 N–H and O–H groups in total. The number of rotatable bonds is 4. The maximum absolute atomic E-state index is 14.0. The summed E-state index contributed by atoms with van der Waals surface area (Å²) in [5.41, 5.74) is 5.67. The summed E-state index contributed by atoms with van der Waals surface area (Å²) in [5.74, 6) is 5.66. The Balaban J connectivity index is 2.42. The molecule has 0 amide bonds. The highest BCUT2D eigenvalue weighted by molar-refractivity contribution is 7.09. The summed E-state index contributed by atoms with van der Waals surface area (Å²) < 4.78 is 19.0. The molecule has 0 saturated carbocycles. The molecular weight excluding hydrogens is 253 g/mol. The molecule has 0 aliphatic rings. The minimum absolute atomic E-state index is 0.356. The van der Waals surface area contributed by atoms with Gasteiger partial charge in [-0.3, -0.25) is 5.84 Å². The number of methoxy groups -OCH3 is 1. The molecule has 0 fully saturated rings. The van der Waals surface area contributed by atoms with Gasteiger partial charge < -0.3 is 4.74 Å². The number of aryl methyl sites for hydroxylation is 1. The maximum Gasteiger partial charge on any atom is 0.132 e. The van der Waals surface area contributed by atoms with E-state index in [0.29, 0.717) is 11.3 Å². The number of hydrogen-bond donors (Lipinski definition) is 2. The molecule has 0 spiro atoms. The molecule has 0 bridgehead atoms. The van der Waals surface area contributed by atoms with Crippen LogP contribution in [0.1, 0.15) is 22.2 Å². The first kappa shape index (κ1) is 12.9. The lowest BCUT2D eigenvalue weighted by Gasteiger charge is -2.16. The third kappa shape index (κ3) is 2.35. The van der Waals surface area contributed by atoms with E-state index in [1.54, 1.807) is 17.6 Å². The van der Waals surface area contributed by atoms with Crippen molar-refractivity contribution < 1.29 is 9.13 Å². The van der Waals surface area contributed by atoms with Gasteiger partial charge in [0.25, 0.3) is 0 Å². The van der Waals surface area contributed by atoms with Gasteiger partial charge in [-0.15, -0.1) is 11.3 Å². The molecule has 18 heavy (non-hydrogen) atoms. The van der Waals surface area contributed by atoms with E-state index in [-0.39, 0.29) is 5.82 Å². The van der Waals surface area contributed by atoms with Crippen molar-refractivity contribution in [2.75, 3.05) is 7.11 Å². The maximum atomic E-state index is 14.0. The Labute approximate surface area is 109 Å². The zero-order valence-electron chi connectivity index (χ0n) is 10.1. The fraction of sp³-hybridized carbons (Fsp3) is 0.250. The first-order valence-electron chi connectivity index (χ1n) is 5.37. The molecule has 0 aliphatic carbocycles. The van der Waals surface area contributed by atoms with Crippen molar-refractivity contribution in [1.29, 1.82) is 0 Å². The summed E-state index contributed by atoms with van der Waals surface area (Å²) in [6, 6.07) is 4.32. The highest BCUT2D eigenvalue weighted by Gasteiger charge is 2.20. The number of ether oxygens (including phenoxy) is 1. The molecule has 4 nitrogen and oxygen atoms in total. The van der Waals surface area contributed by atoms with Crippen molar-refractivity contribution in [3.05, 3.63) is 45.7 Å². The molecule has 1 aromatic heterocycles. The van der Waals surface area contributed by atoms with Crippen LogP contribution in [-0.4, -0.2) is 12.1 Å². The number of nitrogens with two attached hydrogens (primary N) is 1. The minimum Gasteiger partial charge on any atom is -0.497 e. The van der Waals surface area contributed by atoms with Gasteiger partial charge >= 0.3 is 0 Å². The smallest absolute Gasteiger partial charge is 0.132 e. The van der Waals surface area contributed by atoms with Gasteiger partial charge in [-0.2, -0.15) is 0 Å². The number of hydrazine groups is 1. The van der Waals surface area contributed by atoms with Crippen molar-refractivity contribution in [2.24, 2.45) is 5.84 Å². The molecule has 1 unspecified atom stereocenters. The fourth-order valence-electron chi connectivity index (χ4n) is 1.76. The first-order chi connectivity index (χ1) is 8.67. The van der Waals surface area contributed by atoms with Crippen molar-refractivity contribution in [3.63, 3.8) is 0 Å². The Morgan fingerprint density at radius 3 is 2.78 bits per heavy atom. The van der Waals surface area contributed by atoms with Crippen LogP contribution in [0.25, 0.3) is 0 Å². The first-order valence-corrected chi connectivity index (χ1v) is 6.25. The van der Waals surface area contributed by atoms with E-state index in [9.17, 15) is 4.39 Å². The summed E-state index contributed by atoms with van der Waals surface area (Å²) in [5, 5.41) is 0. The van der Waals surface area contributed by atoms with E-state index in [1.807, 2.05) is 6.92 Å². The van der Waals surface area contributed by atoms with Gasteiger partial charge in [-0.1, -0.05) is 6.07 Å². The average Bonchev–Trinajstić information content (AvgIpc) is 2.78. The lowest BCUT2D eigenvalue weighted by molar-refractivity contribution is 0.410. The lowest BCUT2D eigenvalue weighted by Crippen LogP contribution is -2.29. The monoisotopic (exact) mass is 267 g/mol. The van der Waals surface area contributed by atoms with Crippen LogP contribution in [0, 0.1) is 12.7 Å². The molecule has 0 radical (unpaired) electrons. The van der Waals surface area contributed by atoms with E-state index in [2.05, 4.69) is 10.4 Å². The zero-order valence-corrected chi connectivity index (χ0v) is 10.9. The number of hydrogen-bond acceptors (Lipinski definition) is 5. The van der Waals surface area contributed by atoms with Crippen LogP contribution in [0.5, 0.6) is 5.75 Å². The van der Waals surface area contributed by atoms with Crippen LogP contribution < -0.4 is 16.0 Å². The number of nitrogens with zero attached hydrogens (tertiary/aromatic N) is 1. The van der Waals surface area contributed by atoms with Crippen molar-refractivity contribution >= 4 is 11.3 Å². The molecule has 1 aromatic carbocycles. The Bertz CT molecular complexity index is 544. The molecule has 2 rings (SSSR count). The van der Waals surface area contributed by atoms with Crippen LogP contribution in [0.4, 0.5) is 4.39 Å². The molecule has 1 atom stereocenters. The highest BCUT2D eigenvalue weighted by atomic mass is 32.1. The van der Waals surface area contributed by atoms with Crippen LogP contribution in [0.15, 0.2) is 23.7 Å². The van der Waals surface area contributed by atoms with Crippen LogP contribution in [0.2, 0.25) is 0 Å². The SMILES string of the molecule is COc1ccc(C(NN)c2scnc2C)c(F)c1. The van der Waals surface area contributed by atoms with Crippen LogP contribution >= 0.6 is 11.3 Å². The Hall–Kier alpha value is -1.50. The normalized spacial score (nSPS) is 12.4. The van der Waals surface area contributed by atoms with E-state index < -0.39 is 6.04 Å². The van der Waals surface area contributed by atoms with E-state index in [1.165, 1.54) is 24.5 Å². The number of thiazole rings is 1. The second kappa shape index (κ2) is 5.43. The predicted octanol–water partition coefficient (Wildman–Crippen LogP) is 2.15. The Morgan fingerprint density at radius 1 is 1.50 bits per heavy atom. The number of benzene rings is 1. The van der Waals surface area contributed by atoms with Crippen molar-refractivity contribution in [3.8, 4) is 5.75 Å². The second-order valence-corrected chi connectivity index (χ2v) is 4.68. The van der Waals surface area contributed by atoms with Gasteiger partial charge in [-0.05, 0) is 13.0 Å². The molecule has 0 aliphatic heterocycles. The summed E-state index contributed by atoms with van der Waals surface area (Å²) >= 11 is 1.44. The summed E-state index contributed by atoms with van der Waals surface area (Å²) in [6.45, 7) is 1.87. The van der Waals surface area contributed by atoms with Crippen LogP contribution in [0.3, 0.4) is 0 Å². The standard InChI is InChI=1S/C12H14FN3OS/c1-7-12(18-6-15-7)11(16-14)9-4-3-8(17-2)5-10(9)13/h3-6,11,16H,14H2,1-2H3. The predicted molar refractivity (Wildman–Crippen MR) is 69.0 cm³/mol. The van der Waals surface area contributed by atoms with Gasteiger partial charge in [0.15, 0.2) is 0 Å². The number of aromatic nitrogens is 1. The third-order valence-corrected chi connectivity index (χ3v) is 3.73.